The fourth-order valence-corrected chi connectivity index (χ4v) is 3.34. The lowest BCUT2D eigenvalue weighted by Gasteiger charge is -2.19. The van der Waals surface area contributed by atoms with Gasteiger partial charge in [0.05, 0.1) is 0 Å². The van der Waals surface area contributed by atoms with E-state index in [1.807, 2.05) is 67.6 Å². The van der Waals surface area contributed by atoms with Gasteiger partial charge in [-0.15, -0.1) is 0 Å². The molecule has 0 unspecified atom stereocenters. The number of phenolic OH excluding ortho intramolecular Hbond substituents is 1. The zero-order valence-corrected chi connectivity index (χ0v) is 15.9. The van der Waals surface area contributed by atoms with Gasteiger partial charge in [0.15, 0.2) is 0 Å². The van der Waals surface area contributed by atoms with Crippen molar-refractivity contribution in [2.24, 2.45) is 0 Å². The Hall–Kier alpha value is -2.78. The highest BCUT2D eigenvalue weighted by molar-refractivity contribution is 6.31. The maximum Gasteiger partial charge on any atom is 0.221 e. The molecule has 138 valence electrons. The minimum atomic E-state index is -0.225. The number of aromatic hydroxyl groups is 1. The highest BCUT2D eigenvalue weighted by Gasteiger charge is 2.21. The summed E-state index contributed by atoms with van der Waals surface area (Å²) in [7, 11) is 0. The van der Waals surface area contributed by atoms with E-state index in [2.05, 4.69) is 5.32 Å². The number of hydrogen-bond donors (Lipinski definition) is 2. The predicted octanol–water partition coefficient (Wildman–Crippen LogP) is 5.19. The van der Waals surface area contributed by atoms with Crippen LogP contribution < -0.4 is 5.32 Å². The van der Waals surface area contributed by atoms with Gasteiger partial charge < -0.3 is 10.4 Å². The summed E-state index contributed by atoms with van der Waals surface area (Å²) in [4.78, 5) is 12.6. The van der Waals surface area contributed by atoms with Gasteiger partial charge in [-0.05, 0) is 30.2 Å². The van der Waals surface area contributed by atoms with Gasteiger partial charge in [0.2, 0.25) is 5.91 Å². The van der Waals surface area contributed by atoms with Gasteiger partial charge in [-0.25, -0.2) is 0 Å². The fourth-order valence-electron chi connectivity index (χ4n) is 3.14. The zero-order chi connectivity index (χ0) is 19.2. The third-order valence-electron chi connectivity index (χ3n) is 4.58. The number of nitrogens with one attached hydrogen (secondary N) is 1. The third-order valence-corrected chi connectivity index (χ3v) is 4.95. The molecule has 0 spiro atoms. The van der Waals surface area contributed by atoms with Crippen LogP contribution in [0.1, 0.15) is 34.6 Å². The van der Waals surface area contributed by atoms with E-state index in [9.17, 15) is 9.90 Å². The number of benzene rings is 3. The number of phenols is 1. The van der Waals surface area contributed by atoms with Crippen molar-refractivity contribution in [2.45, 2.75) is 25.8 Å². The number of carbonyl (C=O) groups is 1. The molecule has 3 nitrogen and oxygen atoms in total. The molecule has 0 heterocycles. The molecule has 0 aromatic heterocycles. The molecular weight excluding hydrogens is 358 g/mol. The molecule has 1 amide bonds. The molecule has 0 aliphatic rings. The van der Waals surface area contributed by atoms with Gasteiger partial charge in [0.25, 0.3) is 0 Å². The van der Waals surface area contributed by atoms with Crippen molar-refractivity contribution in [3.8, 4) is 5.75 Å². The Labute approximate surface area is 164 Å². The second-order valence-corrected chi connectivity index (χ2v) is 7.01. The third kappa shape index (κ3) is 4.89. The second-order valence-electron chi connectivity index (χ2n) is 6.60. The molecule has 27 heavy (non-hydrogen) atoms. The van der Waals surface area contributed by atoms with Gasteiger partial charge in [-0.3, -0.25) is 4.79 Å². The molecule has 0 saturated heterocycles. The largest absolute Gasteiger partial charge is 0.508 e. The molecule has 0 bridgehead atoms. The molecule has 4 heteroatoms. The molecule has 2 N–H and O–H groups in total. The zero-order valence-electron chi connectivity index (χ0n) is 15.2. The average molecular weight is 380 g/mol. The van der Waals surface area contributed by atoms with Crippen molar-refractivity contribution >= 4 is 17.5 Å². The maximum absolute atomic E-state index is 12.6. The first-order valence-electron chi connectivity index (χ1n) is 8.89. The number of carbonyl (C=O) groups excluding carboxylic acids is 1. The first kappa shape index (κ1) is 19.0. The Morgan fingerprint density at radius 1 is 1.04 bits per heavy atom. The molecule has 3 aromatic carbocycles. The minimum absolute atomic E-state index is 0.0929. The van der Waals surface area contributed by atoms with Crippen molar-refractivity contribution in [3.05, 3.63) is 100 Å². The summed E-state index contributed by atoms with van der Waals surface area (Å²) in [6, 6.07) is 22.7. The molecule has 3 aromatic rings. The lowest BCUT2D eigenvalue weighted by atomic mass is 9.87. The lowest BCUT2D eigenvalue weighted by Crippen LogP contribution is -2.25. The van der Waals surface area contributed by atoms with Crippen LogP contribution in [0.5, 0.6) is 5.75 Å². The Bertz CT molecular complexity index is 925. The minimum Gasteiger partial charge on any atom is -0.508 e. The standard InChI is InChI=1S/C23H22ClNO2/c1-16-11-12-22(26)20(13-16)19(17-7-3-2-4-8-17)14-23(27)25-15-18-9-5-6-10-21(18)24/h2-13,19,26H,14-15H2,1H3,(H,25,27)/t19-/m1/s1. The Morgan fingerprint density at radius 3 is 2.48 bits per heavy atom. The molecule has 0 aliphatic heterocycles. The SMILES string of the molecule is Cc1ccc(O)c([C@H](CC(=O)NCc2ccccc2Cl)c2ccccc2)c1. The molecule has 0 radical (unpaired) electrons. The lowest BCUT2D eigenvalue weighted by molar-refractivity contribution is -0.121. The van der Waals surface area contributed by atoms with Crippen molar-refractivity contribution in [1.29, 1.82) is 0 Å². The van der Waals surface area contributed by atoms with E-state index < -0.39 is 0 Å². The van der Waals surface area contributed by atoms with Gasteiger partial charge in [-0.2, -0.15) is 0 Å². The molecule has 0 fully saturated rings. The molecule has 1 atom stereocenters. The summed E-state index contributed by atoms with van der Waals surface area (Å²) >= 11 is 6.16. The quantitative estimate of drug-likeness (QED) is 0.619. The summed E-state index contributed by atoms with van der Waals surface area (Å²) in [6.07, 6.45) is 0.242. The van der Waals surface area contributed by atoms with Crippen molar-refractivity contribution in [3.63, 3.8) is 0 Å². The van der Waals surface area contributed by atoms with Gasteiger partial charge >= 0.3 is 0 Å². The number of amides is 1. The number of aryl methyl sites for hydroxylation is 1. The van der Waals surface area contributed by atoms with Gasteiger partial charge in [0.1, 0.15) is 5.75 Å². The van der Waals surface area contributed by atoms with E-state index in [0.29, 0.717) is 11.6 Å². The van der Waals surface area contributed by atoms with Crippen molar-refractivity contribution in [2.75, 3.05) is 0 Å². The van der Waals surface area contributed by atoms with Gasteiger partial charge in [-0.1, -0.05) is 77.8 Å². The van der Waals surface area contributed by atoms with E-state index in [0.717, 1.165) is 22.3 Å². The topological polar surface area (TPSA) is 49.3 Å². The predicted molar refractivity (Wildman–Crippen MR) is 109 cm³/mol. The van der Waals surface area contributed by atoms with Crippen LogP contribution in [0.3, 0.4) is 0 Å². The average Bonchev–Trinajstić information content (AvgIpc) is 2.68. The fraction of sp³-hybridized carbons (Fsp3) is 0.174. The van der Waals surface area contributed by atoms with E-state index in [1.165, 1.54) is 0 Å². The van der Waals surface area contributed by atoms with E-state index in [4.69, 9.17) is 11.6 Å². The first-order valence-corrected chi connectivity index (χ1v) is 9.27. The highest BCUT2D eigenvalue weighted by Crippen LogP contribution is 2.34. The Kier molecular flexibility index (Phi) is 6.15. The smallest absolute Gasteiger partial charge is 0.221 e. The van der Waals surface area contributed by atoms with Crippen LogP contribution in [0, 0.1) is 6.92 Å². The van der Waals surface area contributed by atoms with Crippen LogP contribution in [-0.4, -0.2) is 11.0 Å². The first-order chi connectivity index (χ1) is 13.0. The van der Waals surface area contributed by atoms with Crippen LogP contribution in [0.15, 0.2) is 72.8 Å². The molecule has 0 saturated carbocycles. The summed E-state index contributed by atoms with van der Waals surface area (Å²) in [5, 5.41) is 13.9. The number of rotatable bonds is 6. The van der Waals surface area contributed by atoms with Crippen LogP contribution in [0.25, 0.3) is 0 Å². The Balaban J connectivity index is 1.80. The molecule has 3 rings (SSSR count). The van der Waals surface area contributed by atoms with Crippen LogP contribution in [0.4, 0.5) is 0 Å². The number of hydrogen-bond acceptors (Lipinski definition) is 2. The summed E-state index contributed by atoms with van der Waals surface area (Å²) in [5.74, 6) is -0.115. The van der Waals surface area contributed by atoms with E-state index >= 15 is 0 Å². The van der Waals surface area contributed by atoms with Crippen LogP contribution in [-0.2, 0) is 11.3 Å². The Morgan fingerprint density at radius 2 is 1.74 bits per heavy atom. The second kappa shape index (κ2) is 8.74. The number of halogens is 1. The van der Waals surface area contributed by atoms with Crippen LogP contribution in [0.2, 0.25) is 5.02 Å². The normalized spacial score (nSPS) is 11.8. The van der Waals surface area contributed by atoms with Crippen molar-refractivity contribution < 1.29 is 9.90 Å². The highest BCUT2D eigenvalue weighted by atomic mass is 35.5. The maximum atomic E-state index is 12.6. The molecular formula is C23H22ClNO2. The van der Waals surface area contributed by atoms with E-state index in [-0.39, 0.29) is 24.0 Å². The summed E-state index contributed by atoms with van der Waals surface area (Å²) < 4.78 is 0. The summed E-state index contributed by atoms with van der Waals surface area (Å²) in [6.45, 7) is 2.35. The van der Waals surface area contributed by atoms with E-state index in [1.54, 1.807) is 12.1 Å². The van der Waals surface area contributed by atoms with Gasteiger partial charge in [0, 0.05) is 29.5 Å². The monoisotopic (exact) mass is 379 g/mol. The summed E-state index contributed by atoms with van der Waals surface area (Å²) in [5.41, 5.74) is 3.67. The molecule has 0 aliphatic carbocycles. The van der Waals surface area contributed by atoms with Crippen molar-refractivity contribution in [1.82, 2.24) is 5.32 Å². The van der Waals surface area contributed by atoms with Crippen LogP contribution >= 0.6 is 11.6 Å².